The third-order valence-corrected chi connectivity index (χ3v) is 6.30. The van der Waals surface area contributed by atoms with Crippen molar-refractivity contribution in [2.45, 2.75) is 45.6 Å². The summed E-state index contributed by atoms with van der Waals surface area (Å²) in [6.45, 7) is 7.70. The predicted molar refractivity (Wildman–Crippen MR) is 107 cm³/mol. The number of likely N-dealkylation sites (N-methyl/N-ethyl adjacent to an activating group) is 1. The molecule has 1 aromatic rings. The number of carbonyl (C=O) groups excluding carboxylic acids is 2. The molecule has 0 N–H and O–H groups in total. The van der Waals surface area contributed by atoms with Crippen LogP contribution >= 0.6 is 0 Å². The summed E-state index contributed by atoms with van der Waals surface area (Å²) in [5.41, 5.74) is 1.01. The summed E-state index contributed by atoms with van der Waals surface area (Å²) in [6.07, 6.45) is 3.81. The Morgan fingerprint density at radius 3 is 2.63 bits per heavy atom. The van der Waals surface area contributed by atoms with Gasteiger partial charge in [-0.3, -0.25) is 14.5 Å². The molecule has 0 unspecified atom stereocenters. The highest BCUT2D eigenvalue weighted by Crippen LogP contribution is 2.40. The molecule has 0 saturated carbocycles. The Balaban J connectivity index is 1.57. The van der Waals surface area contributed by atoms with E-state index in [1.165, 1.54) is 5.56 Å². The first-order valence-corrected chi connectivity index (χ1v) is 10.2. The number of amides is 2. The SMILES string of the molecule is CC(C)N(C)C(=O)CN1CC[C@@]2(CCCN(CCc3ccccc3)C2=O)C1. The Morgan fingerprint density at radius 1 is 1.19 bits per heavy atom. The molecule has 1 spiro atoms. The Labute approximate surface area is 163 Å². The number of hydrogen-bond acceptors (Lipinski definition) is 3. The van der Waals surface area contributed by atoms with Gasteiger partial charge in [0.15, 0.2) is 0 Å². The number of carbonyl (C=O) groups is 2. The van der Waals surface area contributed by atoms with Crippen LogP contribution in [0.2, 0.25) is 0 Å². The molecule has 5 heteroatoms. The van der Waals surface area contributed by atoms with Crippen LogP contribution in [0.1, 0.15) is 38.7 Å². The average molecular weight is 372 g/mol. The second kappa shape index (κ2) is 8.42. The number of hydrogen-bond donors (Lipinski definition) is 0. The first-order chi connectivity index (χ1) is 12.9. The van der Waals surface area contributed by atoms with E-state index in [-0.39, 0.29) is 17.4 Å². The maximum Gasteiger partial charge on any atom is 0.236 e. The summed E-state index contributed by atoms with van der Waals surface area (Å²) in [7, 11) is 1.86. The van der Waals surface area contributed by atoms with Crippen molar-refractivity contribution in [2.75, 3.05) is 39.8 Å². The Hall–Kier alpha value is -1.88. The third kappa shape index (κ3) is 4.52. The molecule has 0 aromatic heterocycles. The van der Waals surface area contributed by atoms with Crippen molar-refractivity contribution in [1.29, 1.82) is 0 Å². The lowest BCUT2D eigenvalue weighted by Gasteiger charge is -2.39. The molecule has 5 nitrogen and oxygen atoms in total. The third-order valence-electron chi connectivity index (χ3n) is 6.30. The van der Waals surface area contributed by atoms with Crippen molar-refractivity contribution in [3.05, 3.63) is 35.9 Å². The zero-order valence-electron chi connectivity index (χ0n) is 17.0. The maximum absolute atomic E-state index is 13.2. The van der Waals surface area contributed by atoms with Gasteiger partial charge in [0.25, 0.3) is 0 Å². The highest BCUT2D eigenvalue weighted by Gasteiger charge is 2.48. The molecule has 148 valence electrons. The van der Waals surface area contributed by atoms with Crippen LogP contribution in [0, 0.1) is 5.41 Å². The van der Waals surface area contributed by atoms with Crippen molar-refractivity contribution in [3.63, 3.8) is 0 Å². The van der Waals surface area contributed by atoms with Crippen molar-refractivity contribution >= 4 is 11.8 Å². The zero-order chi connectivity index (χ0) is 19.4. The van der Waals surface area contributed by atoms with E-state index in [9.17, 15) is 9.59 Å². The second-order valence-electron chi connectivity index (χ2n) is 8.47. The number of piperidine rings is 1. The van der Waals surface area contributed by atoms with Crippen LogP contribution in [0.5, 0.6) is 0 Å². The molecule has 27 heavy (non-hydrogen) atoms. The quantitative estimate of drug-likeness (QED) is 0.771. The molecule has 2 aliphatic rings. The van der Waals surface area contributed by atoms with Gasteiger partial charge < -0.3 is 9.80 Å². The molecule has 1 aromatic carbocycles. The van der Waals surface area contributed by atoms with E-state index in [2.05, 4.69) is 34.1 Å². The van der Waals surface area contributed by atoms with E-state index in [0.29, 0.717) is 12.5 Å². The highest BCUT2D eigenvalue weighted by atomic mass is 16.2. The van der Waals surface area contributed by atoms with Gasteiger partial charge in [-0.1, -0.05) is 30.3 Å². The fraction of sp³-hybridized carbons (Fsp3) is 0.636. The van der Waals surface area contributed by atoms with E-state index >= 15 is 0 Å². The largest absolute Gasteiger partial charge is 0.342 e. The standard InChI is InChI=1S/C22H33N3O2/c1-18(2)23(3)20(26)16-24-15-12-22(17-24)11-7-13-25(21(22)27)14-10-19-8-5-4-6-9-19/h4-6,8-9,18H,7,10-17H2,1-3H3/t22-/m0/s1. The van der Waals surface area contributed by atoms with Gasteiger partial charge in [0.1, 0.15) is 0 Å². The van der Waals surface area contributed by atoms with Crippen molar-refractivity contribution in [3.8, 4) is 0 Å². The Morgan fingerprint density at radius 2 is 1.93 bits per heavy atom. The van der Waals surface area contributed by atoms with Gasteiger partial charge in [-0.15, -0.1) is 0 Å². The smallest absolute Gasteiger partial charge is 0.236 e. The van der Waals surface area contributed by atoms with E-state index in [1.54, 1.807) is 4.90 Å². The molecule has 2 heterocycles. The van der Waals surface area contributed by atoms with Gasteiger partial charge in [-0.25, -0.2) is 0 Å². The van der Waals surface area contributed by atoms with E-state index < -0.39 is 0 Å². The highest BCUT2D eigenvalue weighted by molar-refractivity contribution is 5.84. The van der Waals surface area contributed by atoms with Crippen LogP contribution < -0.4 is 0 Å². The van der Waals surface area contributed by atoms with Gasteiger partial charge in [0, 0.05) is 32.7 Å². The average Bonchev–Trinajstić information content (AvgIpc) is 3.06. The lowest BCUT2D eigenvalue weighted by Crippen LogP contribution is -2.51. The number of rotatable bonds is 6. The minimum Gasteiger partial charge on any atom is -0.342 e. The molecule has 2 aliphatic heterocycles. The first kappa shape index (κ1) is 19.9. The molecule has 2 fully saturated rings. The van der Waals surface area contributed by atoms with Gasteiger partial charge in [-0.05, 0) is 51.6 Å². The lowest BCUT2D eigenvalue weighted by molar-refractivity contribution is -0.146. The summed E-state index contributed by atoms with van der Waals surface area (Å²) in [5, 5.41) is 0. The molecule has 1 atom stereocenters. The van der Waals surface area contributed by atoms with Crippen molar-refractivity contribution < 1.29 is 9.59 Å². The minimum atomic E-state index is -0.272. The Kier molecular flexibility index (Phi) is 6.20. The predicted octanol–water partition coefficient (Wildman–Crippen LogP) is 2.41. The summed E-state index contributed by atoms with van der Waals surface area (Å²) in [5.74, 6) is 0.447. The first-order valence-electron chi connectivity index (χ1n) is 10.2. The second-order valence-corrected chi connectivity index (χ2v) is 8.47. The number of likely N-dealkylation sites (tertiary alicyclic amines) is 2. The Bertz CT molecular complexity index is 661. The number of nitrogens with zero attached hydrogens (tertiary/aromatic N) is 3. The fourth-order valence-corrected chi connectivity index (χ4v) is 4.34. The van der Waals surface area contributed by atoms with Crippen molar-refractivity contribution in [1.82, 2.24) is 14.7 Å². The summed E-state index contributed by atoms with van der Waals surface area (Å²) >= 11 is 0. The molecule has 0 aliphatic carbocycles. The van der Waals surface area contributed by atoms with E-state index in [1.807, 2.05) is 27.0 Å². The van der Waals surface area contributed by atoms with Crippen LogP contribution in [0.3, 0.4) is 0 Å². The van der Waals surface area contributed by atoms with Gasteiger partial charge in [0.05, 0.1) is 12.0 Å². The van der Waals surface area contributed by atoms with Gasteiger partial charge in [-0.2, -0.15) is 0 Å². The molecule has 2 saturated heterocycles. The molecule has 2 amide bonds. The van der Waals surface area contributed by atoms with Crippen molar-refractivity contribution in [2.24, 2.45) is 5.41 Å². The molecule has 3 rings (SSSR count). The van der Waals surface area contributed by atoms with Crippen LogP contribution in [0.15, 0.2) is 30.3 Å². The topological polar surface area (TPSA) is 43.9 Å². The summed E-state index contributed by atoms with van der Waals surface area (Å²) in [6, 6.07) is 10.6. The molecule has 0 bridgehead atoms. The lowest BCUT2D eigenvalue weighted by atomic mass is 9.78. The van der Waals surface area contributed by atoms with Gasteiger partial charge >= 0.3 is 0 Å². The van der Waals surface area contributed by atoms with Crippen LogP contribution in [0.4, 0.5) is 0 Å². The minimum absolute atomic E-state index is 0.145. The fourth-order valence-electron chi connectivity index (χ4n) is 4.34. The maximum atomic E-state index is 13.2. The normalized spacial score (nSPS) is 23.4. The zero-order valence-corrected chi connectivity index (χ0v) is 17.0. The van der Waals surface area contributed by atoms with Crippen LogP contribution in [-0.4, -0.2) is 72.3 Å². The molecular formula is C22H33N3O2. The van der Waals surface area contributed by atoms with Crippen LogP contribution in [0.25, 0.3) is 0 Å². The van der Waals surface area contributed by atoms with Crippen LogP contribution in [-0.2, 0) is 16.0 Å². The summed E-state index contributed by atoms with van der Waals surface area (Å²) < 4.78 is 0. The monoisotopic (exact) mass is 371 g/mol. The summed E-state index contributed by atoms with van der Waals surface area (Å²) in [4.78, 5) is 31.7. The number of benzene rings is 1. The van der Waals surface area contributed by atoms with E-state index in [0.717, 1.165) is 51.9 Å². The molecular weight excluding hydrogens is 338 g/mol. The molecule has 0 radical (unpaired) electrons. The van der Waals surface area contributed by atoms with E-state index in [4.69, 9.17) is 0 Å². The van der Waals surface area contributed by atoms with Gasteiger partial charge in [0.2, 0.25) is 11.8 Å².